The monoisotopic (exact) mass is 477 g/mol. The van der Waals surface area contributed by atoms with Gasteiger partial charge in [-0.2, -0.15) is 0 Å². The standard InChI is InChI=1S/C27H31N3O3S/c1-30(15-13-19-6-3-2-4-7-19)18-21-9-5-8-20(16-21)12-14-28-24(32)17-22-10-11-23(31)25-26(22)34-27(33)29-25/h2-11,16,24,28,31-32H,12-15,17-18H2,1H3,(H,29,33). The van der Waals surface area contributed by atoms with Crippen LogP contribution in [0.1, 0.15) is 22.3 Å². The van der Waals surface area contributed by atoms with Crippen molar-refractivity contribution in [2.45, 2.75) is 32.0 Å². The van der Waals surface area contributed by atoms with Crippen molar-refractivity contribution in [2.75, 3.05) is 20.1 Å². The molecule has 1 aromatic heterocycles. The van der Waals surface area contributed by atoms with Crippen molar-refractivity contribution in [3.63, 3.8) is 0 Å². The number of nitrogens with one attached hydrogen (secondary N) is 2. The second kappa shape index (κ2) is 11.4. The van der Waals surface area contributed by atoms with E-state index in [1.807, 2.05) is 6.07 Å². The number of thiazole rings is 1. The molecule has 6 nitrogen and oxygen atoms in total. The average Bonchev–Trinajstić information content (AvgIpc) is 3.23. The smallest absolute Gasteiger partial charge is 0.305 e. The number of benzene rings is 3. The van der Waals surface area contributed by atoms with Gasteiger partial charge in [-0.05, 0) is 48.2 Å². The van der Waals surface area contributed by atoms with Crippen LogP contribution in [0.5, 0.6) is 5.75 Å². The summed E-state index contributed by atoms with van der Waals surface area (Å²) in [6.07, 6.45) is 1.46. The van der Waals surface area contributed by atoms with Gasteiger partial charge in [-0.3, -0.25) is 10.1 Å². The van der Waals surface area contributed by atoms with Gasteiger partial charge in [0.2, 0.25) is 0 Å². The van der Waals surface area contributed by atoms with Crippen LogP contribution >= 0.6 is 11.3 Å². The van der Waals surface area contributed by atoms with Crippen molar-refractivity contribution in [3.8, 4) is 5.75 Å². The Labute approximate surface area is 203 Å². The predicted octanol–water partition coefficient (Wildman–Crippen LogP) is 3.66. The van der Waals surface area contributed by atoms with Gasteiger partial charge in [-0.1, -0.05) is 72.0 Å². The van der Waals surface area contributed by atoms with Gasteiger partial charge in [-0.15, -0.1) is 0 Å². The van der Waals surface area contributed by atoms with Gasteiger partial charge in [0.25, 0.3) is 0 Å². The average molecular weight is 478 g/mol. The summed E-state index contributed by atoms with van der Waals surface area (Å²) >= 11 is 1.05. The molecule has 178 valence electrons. The first-order chi connectivity index (χ1) is 16.5. The zero-order chi connectivity index (χ0) is 23.9. The Balaban J connectivity index is 1.25. The highest BCUT2D eigenvalue weighted by Gasteiger charge is 2.13. The second-order valence-corrected chi connectivity index (χ2v) is 9.66. The second-order valence-electron chi connectivity index (χ2n) is 8.68. The van der Waals surface area contributed by atoms with Crippen molar-refractivity contribution in [3.05, 3.63) is 98.7 Å². The summed E-state index contributed by atoms with van der Waals surface area (Å²) in [4.78, 5) is 16.4. The summed E-state index contributed by atoms with van der Waals surface area (Å²) < 4.78 is 0.690. The number of likely N-dealkylation sites (N-methyl/N-ethyl adjacent to an activating group) is 1. The number of aromatic hydroxyl groups is 1. The third-order valence-corrected chi connectivity index (χ3v) is 6.87. The third-order valence-electron chi connectivity index (χ3n) is 5.91. The number of phenols is 1. The summed E-state index contributed by atoms with van der Waals surface area (Å²) in [6, 6.07) is 22.4. The lowest BCUT2D eigenvalue weighted by molar-refractivity contribution is 0.138. The Bertz CT molecular complexity index is 1270. The van der Waals surface area contributed by atoms with Crippen LogP contribution in [-0.4, -0.2) is 46.5 Å². The zero-order valence-corrected chi connectivity index (χ0v) is 20.1. The molecule has 0 saturated carbocycles. The summed E-state index contributed by atoms with van der Waals surface area (Å²) in [5, 5.41) is 23.6. The Kier molecular flexibility index (Phi) is 8.13. The molecular weight excluding hydrogens is 446 g/mol. The molecule has 0 aliphatic carbocycles. The molecule has 0 aliphatic heterocycles. The number of fused-ring (bicyclic) bond motifs is 1. The highest BCUT2D eigenvalue weighted by atomic mass is 32.1. The van der Waals surface area contributed by atoms with Crippen molar-refractivity contribution >= 4 is 21.6 Å². The van der Waals surface area contributed by atoms with Crippen LogP contribution in [0.25, 0.3) is 10.2 Å². The number of nitrogens with zero attached hydrogens (tertiary/aromatic N) is 1. The number of aliphatic hydroxyl groups excluding tert-OH is 1. The van der Waals surface area contributed by atoms with E-state index in [0.717, 1.165) is 42.8 Å². The molecule has 0 bridgehead atoms. The van der Waals surface area contributed by atoms with E-state index in [0.29, 0.717) is 23.2 Å². The molecule has 0 amide bonds. The molecule has 0 radical (unpaired) electrons. The fourth-order valence-electron chi connectivity index (χ4n) is 4.14. The van der Waals surface area contributed by atoms with Gasteiger partial charge in [0, 0.05) is 26.1 Å². The van der Waals surface area contributed by atoms with Crippen LogP contribution in [-0.2, 0) is 25.8 Å². The van der Waals surface area contributed by atoms with Crippen molar-refractivity contribution < 1.29 is 10.2 Å². The maximum Gasteiger partial charge on any atom is 0.305 e. The van der Waals surface area contributed by atoms with Crippen molar-refractivity contribution in [1.82, 2.24) is 15.2 Å². The number of aromatic nitrogens is 1. The number of hydrogen-bond acceptors (Lipinski definition) is 6. The van der Waals surface area contributed by atoms with E-state index in [1.54, 1.807) is 12.1 Å². The number of rotatable bonds is 11. The van der Waals surface area contributed by atoms with E-state index >= 15 is 0 Å². The van der Waals surface area contributed by atoms with Gasteiger partial charge in [-0.25, -0.2) is 0 Å². The molecule has 4 aromatic rings. The van der Waals surface area contributed by atoms with E-state index < -0.39 is 6.23 Å². The molecule has 4 N–H and O–H groups in total. The lowest BCUT2D eigenvalue weighted by atomic mass is 10.1. The van der Waals surface area contributed by atoms with Gasteiger partial charge < -0.3 is 20.1 Å². The van der Waals surface area contributed by atoms with Crippen LogP contribution in [0.4, 0.5) is 0 Å². The highest BCUT2D eigenvalue weighted by molar-refractivity contribution is 7.16. The molecule has 0 spiro atoms. The number of H-pyrrole nitrogens is 1. The van der Waals surface area contributed by atoms with Gasteiger partial charge >= 0.3 is 4.87 Å². The van der Waals surface area contributed by atoms with E-state index in [2.05, 4.69) is 70.8 Å². The fourth-order valence-corrected chi connectivity index (χ4v) is 5.01. The summed E-state index contributed by atoms with van der Waals surface area (Å²) in [5.41, 5.74) is 5.13. The molecular formula is C27H31N3O3S. The summed E-state index contributed by atoms with van der Waals surface area (Å²) in [7, 11) is 2.15. The normalized spacial score (nSPS) is 12.4. The zero-order valence-electron chi connectivity index (χ0n) is 19.3. The Morgan fingerprint density at radius 1 is 1.00 bits per heavy atom. The number of aromatic amines is 1. The number of phenolic OH excluding ortho intramolecular Hbond substituents is 1. The maximum atomic E-state index is 11.7. The predicted molar refractivity (Wildman–Crippen MR) is 138 cm³/mol. The lowest BCUT2D eigenvalue weighted by Gasteiger charge is -2.17. The topological polar surface area (TPSA) is 88.6 Å². The minimum atomic E-state index is -0.739. The van der Waals surface area contributed by atoms with Gasteiger partial charge in [0.1, 0.15) is 17.5 Å². The first-order valence-electron chi connectivity index (χ1n) is 11.5. The molecule has 1 heterocycles. The highest BCUT2D eigenvalue weighted by Crippen LogP contribution is 2.28. The minimum Gasteiger partial charge on any atom is -0.506 e. The van der Waals surface area contributed by atoms with E-state index in [4.69, 9.17) is 0 Å². The first-order valence-corrected chi connectivity index (χ1v) is 12.3. The Morgan fingerprint density at radius 2 is 1.76 bits per heavy atom. The molecule has 0 saturated heterocycles. The molecule has 3 aromatic carbocycles. The summed E-state index contributed by atoms with van der Waals surface area (Å²) in [6.45, 7) is 2.54. The van der Waals surface area contributed by atoms with Crippen LogP contribution in [0.15, 0.2) is 71.5 Å². The first kappa shape index (κ1) is 24.2. The fraction of sp³-hybridized carbons (Fsp3) is 0.296. The third kappa shape index (κ3) is 6.55. The molecule has 0 aliphatic rings. The number of hydrogen-bond donors (Lipinski definition) is 4. The molecule has 4 rings (SSSR count). The SMILES string of the molecule is CN(CCc1ccccc1)Cc1cccc(CCNC(O)Cc2ccc(O)c3[nH]c(=O)sc23)c1. The molecule has 1 atom stereocenters. The number of aliphatic hydroxyl groups is 1. The molecule has 0 fully saturated rings. The van der Waals surface area contributed by atoms with E-state index in [-0.39, 0.29) is 10.6 Å². The van der Waals surface area contributed by atoms with Crippen molar-refractivity contribution in [2.24, 2.45) is 0 Å². The van der Waals surface area contributed by atoms with Crippen molar-refractivity contribution in [1.29, 1.82) is 0 Å². The maximum absolute atomic E-state index is 11.7. The minimum absolute atomic E-state index is 0.0464. The molecule has 1 unspecified atom stereocenters. The van der Waals surface area contributed by atoms with Crippen LogP contribution in [0.3, 0.4) is 0 Å². The quantitative estimate of drug-likeness (QED) is 0.248. The van der Waals surface area contributed by atoms with E-state index in [9.17, 15) is 15.0 Å². The van der Waals surface area contributed by atoms with Gasteiger partial charge in [0.15, 0.2) is 0 Å². The largest absolute Gasteiger partial charge is 0.506 e. The van der Waals surface area contributed by atoms with Crippen LogP contribution in [0, 0.1) is 0 Å². The van der Waals surface area contributed by atoms with Gasteiger partial charge in [0.05, 0.1) is 4.70 Å². The Morgan fingerprint density at radius 3 is 2.59 bits per heavy atom. The molecule has 7 heteroatoms. The van der Waals surface area contributed by atoms with Crippen LogP contribution < -0.4 is 10.2 Å². The van der Waals surface area contributed by atoms with Crippen LogP contribution in [0.2, 0.25) is 0 Å². The molecule has 34 heavy (non-hydrogen) atoms. The summed E-state index contributed by atoms with van der Waals surface area (Å²) in [5.74, 6) is 0.0464. The van der Waals surface area contributed by atoms with E-state index in [1.165, 1.54) is 16.7 Å². The lowest BCUT2D eigenvalue weighted by Crippen LogP contribution is -2.32. The Hall–Kier alpha value is -2.97.